The van der Waals surface area contributed by atoms with E-state index in [1.165, 1.54) is 17.8 Å². The molecule has 1 fully saturated rings. The highest BCUT2D eigenvalue weighted by Crippen LogP contribution is 2.34. The minimum atomic E-state index is 0.435. The van der Waals surface area contributed by atoms with Crippen molar-refractivity contribution in [1.82, 2.24) is 24.8 Å². The lowest BCUT2D eigenvalue weighted by atomic mass is 10.2. The van der Waals surface area contributed by atoms with Gasteiger partial charge in [0.1, 0.15) is 10.8 Å². The van der Waals surface area contributed by atoms with E-state index in [9.17, 15) is 0 Å². The molecule has 1 atom stereocenters. The highest BCUT2D eigenvalue weighted by molar-refractivity contribution is 7.09. The van der Waals surface area contributed by atoms with Crippen LogP contribution in [0.4, 0.5) is 0 Å². The van der Waals surface area contributed by atoms with Crippen molar-refractivity contribution in [3.63, 3.8) is 0 Å². The summed E-state index contributed by atoms with van der Waals surface area (Å²) in [5, 5.41) is 3.37. The number of rotatable bonds is 3. The molecule has 6 heteroatoms. The van der Waals surface area contributed by atoms with E-state index in [0.717, 1.165) is 35.8 Å². The van der Waals surface area contributed by atoms with Gasteiger partial charge in [0.2, 0.25) is 0 Å². The van der Waals surface area contributed by atoms with Gasteiger partial charge in [0.05, 0.1) is 18.1 Å². The molecule has 5 nitrogen and oxygen atoms in total. The number of fused-ring (bicyclic) bond motifs is 1. The van der Waals surface area contributed by atoms with E-state index < -0.39 is 0 Å². The predicted octanol–water partition coefficient (Wildman–Crippen LogP) is 3.06. The van der Waals surface area contributed by atoms with Crippen LogP contribution < -0.4 is 0 Å². The van der Waals surface area contributed by atoms with Crippen LogP contribution in [0.15, 0.2) is 23.7 Å². The first kappa shape index (κ1) is 12.9. The Balaban J connectivity index is 1.57. The lowest BCUT2D eigenvalue weighted by molar-refractivity contribution is 0.242. The summed E-state index contributed by atoms with van der Waals surface area (Å²) in [6, 6.07) is 4.39. The minimum Gasteiger partial charge on any atom is -0.340 e. The van der Waals surface area contributed by atoms with Crippen molar-refractivity contribution < 1.29 is 0 Å². The number of nitrogens with one attached hydrogen (secondary N) is 1. The Morgan fingerprint density at radius 3 is 3.19 bits per heavy atom. The molecule has 0 saturated carbocycles. The normalized spacial score (nSPS) is 19.6. The van der Waals surface area contributed by atoms with Crippen LogP contribution in [0.3, 0.4) is 0 Å². The molecule has 1 saturated heterocycles. The number of hydrogen-bond donors (Lipinski definition) is 1. The summed E-state index contributed by atoms with van der Waals surface area (Å²) in [7, 11) is 0. The summed E-state index contributed by atoms with van der Waals surface area (Å²) in [4.78, 5) is 19.4. The van der Waals surface area contributed by atoms with Crippen molar-refractivity contribution in [1.29, 1.82) is 0 Å². The van der Waals surface area contributed by atoms with E-state index >= 15 is 0 Å². The van der Waals surface area contributed by atoms with Gasteiger partial charge in [0.25, 0.3) is 0 Å². The van der Waals surface area contributed by atoms with Crippen LogP contribution in [0.25, 0.3) is 11.2 Å². The molecule has 0 radical (unpaired) electrons. The van der Waals surface area contributed by atoms with Crippen molar-refractivity contribution in [3.05, 3.63) is 40.2 Å². The summed E-state index contributed by atoms with van der Waals surface area (Å²) in [5.41, 5.74) is 2.93. The number of hydrogen-bond acceptors (Lipinski definition) is 5. The molecule has 0 spiro atoms. The first-order chi connectivity index (χ1) is 10.3. The number of H-pyrrole nitrogens is 1. The molecular formula is C15H17N5S. The molecule has 4 heterocycles. The Bertz CT molecular complexity index is 729. The zero-order valence-electron chi connectivity index (χ0n) is 11.9. The van der Waals surface area contributed by atoms with Crippen LogP contribution in [-0.4, -0.2) is 31.4 Å². The van der Waals surface area contributed by atoms with E-state index in [2.05, 4.69) is 37.1 Å². The van der Waals surface area contributed by atoms with E-state index in [4.69, 9.17) is 0 Å². The fraction of sp³-hybridized carbons (Fsp3) is 0.400. The molecule has 3 aromatic rings. The fourth-order valence-electron chi connectivity index (χ4n) is 2.98. The topological polar surface area (TPSA) is 57.7 Å². The number of aromatic nitrogens is 4. The third-order valence-corrected chi connectivity index (χ3v) is 5.01. The zero-order chi connectivity index (χ0) is 14.2. The smallest absolute Gasteiger partial charge is 0.177 e. The number of thiazole rings is 1. The van der Waals surface area contributed by atoms with E-state index in [1.807, 2.05) is 12.1 Å². The molecule has 0 aromatic carbocycles. The highest BCUT2D eigenvalue weighted by atomic mass is 32.1. The van der Waals surface area contributed by atoms with Gasteiger partial charge in [-0.15, -0.1) is 11.3 Å². The number of imidazole rings is 1. The zero-order valence-corrected chi connectivity index (χ0v) is 12.7. The van der Waals surface area contributed by atoms with Gasteiger partial charge in [-0.2, -0.15) is 0 Å². The standard InChI is InChI=1S/C15H17N5S/c1-10-9-21-15(17-10)12-5-3-7-20(12)8-13-18-11-4-2-6-16-14(11)19-13/h2,4,6,9,12H,3,5,7-8H2,1H3,(H,16,18,19). The van der Waals surface area contributed by atoms with Crippen LogP contribution in [0.5, 0.6) is 0 Å². The van der Waals surface area contributed by atoms with Gasteiger partial charge in [-0.3, -0.25) is 4.90 Å². The highest BCUT2D eigenvalue weighted by Gasteiger charge is 2.28. The SMILES string of the molecule is Cc1csc(C2CCCN2Cc2nc3ncccc3[nH]2)n1. The number of likely N-dealkylation sites (tertiary alicyclic amines) is 1. The summed E-state index contributed by atoms with van der Waals surface area (Å²) in [6.07, 6.45) is 4.19. The molecule has 21 heavy (non-hydrogen) atoms. The van der Waals surface area contributed by atoms with Gasteiger partial charge in [0.15, 0.2) is 5.65 Å². The van der Waals surface area contributed by atoms with E-state index in [0.29, 0.717) is 6.04 Å². The minimum absolute atomic E-state index is 0.435. The molecule has 1 aliphatic rings. The molecule has 1 N–H and O–H groups in total. The molecular weight excluding hydrogens is 282 g/mol. The first-order valence-electron chi connectivity index (χ1n) is 7.25. The molecule has 1 aliphatic heterocycles. The molecule has 0 amide bonds. The van der Waals surface area contributed by atoms with Crippen molar-refractivity contribution in [2.45, 2.75) is 32.4 Å². The molecule has 4 rings (SSSR count). The van der Waals surface area contributed by atoms with Gasteiger partial charge in [-0.1, -0.05) is 0 Å². The van der Waals surface area contributed by atoms with Crippen LogP contribution in [0.2, 0.25) is 0 Å². The summed E-state index contributed by atoms with van der Waals surface area (Å²) in [5.74, 6) is 0.990. The van der Waals surface area contributed by atoms with E-state index in [1.54, 1.807) is 17.5 Å². The van der Waals surface area contributed by atoms with Crippen LogP contribution >= 0.6 is 11.3 Å². The lowest BCUT2D eigenvalue weighted by Crippen LogP contribution is -2.23. The molecule has 108 valence electrons. The van der Waals surface area contributed by atoms with Crippen molar-refractivity contribution in [2.75, 3.05) is 6.54 Å². The monoisotopic (exact) mass is 299 g/mol. The van der Waals surface area contributed by atoms with Crippen molar-refractivity contribution in [2.24, 2.45) is 0 Å². The molecule has 0 bridgehead atoms. The number of aromatic amines is 1. The van der Waals surface area contributed by atoms with Gasteiger partial charge in [0, 0.05) is 17.3 Å². The van der Waals surface area contributed by atoms with Crippen LogP contribution in [-0.2, 0) is 6.54 Å². The van der Waals surface area contributed by atoms with Gasteiger partial charge >= 0.3 is 0 Å². The third kappa shape index (κ3) is 2.45. The maximum atomic E-state index is 4.66. The van der Waals surface area contributed by atoms with E-state index in [-0.39, 0.29) is 0 Å². The third-order valence-electron chi connectivity index (χ3n) is 3.94. The first-order valence-corrected chi connectivity index (χ1v) is 8.13. The predicted molar refractivity (Wildman–Crippen MR) is 83.1 cm³/mol. The summed E-state index contributed by atoms with van der Waals surface area (Å²) >= 11 is 1.77. The Labute approximate surface area is 127 Å². The average molecular weight is 299 g/mol. The maximum absolute atomic E-state index is 4.66. The molecule has 3 aromatic heterocycles. The number of nitrogens with zero attached hydrogens (tertiary/aromatic N) is 4. The Morgan fingerprint density at radius 2 is 2.38 bits per heavy atom. The number of pyridine rings is 1. The van der Waals surface area contributed by atoms with Gasteiger partial charge in [-0.05, 0) is 38.4 Å². The fourth-order valence-corrected chi connectivity index (χ4v) is 3.95. The van der Waals surface area contributed by atoms with Crippen molar-refractivity contribution in [3.8, 4) is 0 Å². The number of aryl methyl sites for hydroxylation is 1. The van der Waals surface area contributed by atoms with Crippen LogP contribution in [0, 0.1) is 6.92 Å². The van der Waals surface area contributed by atoms with Gasteiger partial charge < -0.3 is 4.98 Å². The second kappa shape index (κ2) is 5.20. The lowest BCUT2D eigenvalue weighted by Gasteiger charge is -2.21. The average Bonchev–Trinajstić information content (AvgIpc) is 3.17. The second-order valence-corrected chi connectivity index (χ2v) is 6.40. The van der Waals surface area contributed by atoms with Gasteiger partial charge in [-0.25, -0.2) is 15.0 Å². The summed E-state index contributed by atoms with van der Waals surface area (Å²) in [6.45, 7) is 4.00. The largest absolute Gasteiger partial charge is 0.340 e. The van der Waals surface area contributed by atoms with Crippen molar-refractivity contribution >= 4 is 22.5 Å². The van der Waals surface area contributed by atoms with Crippen LogP contribution in [0.1, 0.15) is 35.4 Å². The quantitative estimate of drug-likeness (QED) is 0.807. The second-order valence-electron chi connectivity index (χ2n) is 5.51. The Kier molecular flexibility index (Phi) is 3.20. The summed E-state index contributed by atoms with van der Waals surface area (Å²) < 4.78 is 0. The Morgan fingerprint density at radius 1 is 1.43 bits per heavy atom. The Hall–Kier alpha value is -1.79. The maximum Gasteiger partial charge on any atom is 0.177 e. The molecule has 1 unspecified atom stereocenters. The molecule has 0 aliphatic carbocycles.